The van der Waals surface area contributed by atoms with Crippen molar-refractivity contribution in [1.29, 1.82) is 0 Å². The monoisotopic (exact) mass is 352 g/mol. The van der Waals surface area contributed by atoms with Gasteiger partial charge < -0.3 is 16.0 Å². The molecule has 1 aliphatic heterocycles. The molecule has 3 amide bonds. The van der Waals surface area contributed by atoms with E-state index in [0.717, 1.165) is 58.2 Å². The molecule has 6 heteroatoms. The second-order valence-electron chi connectivity index (χ2n) is 7.58. The lowest BCUT2D eigenvalue weighted by atomic mass is 9.96. The standard InChI is InChI=1S/C19H36N4O2/c1-3-4-12-20-18(24)15(2)23-13-10-17(11-14-23)22-19(25)21-16-8-6-5-7-9-16/h15-17H,3-14H2,1-2H3,(H,20,24)(H2,21,22,25). The predicted molar refractivity (Wildman–Crippen MR) is 101 cm³/mol. The van der Waals surface area contributed by atoms with Crippen molar-refractivity contribution < 1.29 is 9.59 Å². The zero-order valence-corrected chi connectivity index (χ0v) is 16.0. The number of likely N-dealkylation sites (tertiary alicyclic amines) is 1. The highest BCUT2D eigenvalue weighted by Crippen LogP contribution is 2.17. The van der Waals surface area contributed by atoms with Crippen molar-refractivity contribution in [3.8, 4) is 0 Å². The second-order valence-corrected chi connectivity index (χ2v) is 7.58. The number of piperidine rings is 1. The maximum atomic E-state index is 12.2. The van der Waals surface area contributed by atoms with Gasteiger partial charge in [-0.2, -0.15) is 0 Å². The molecule has 2 fully saturated rings. The first-order valence-electron chi connectivity index (χ1n) is 10.2. The van der Waals surface area contributed by atoms with E-state index in [1.165, 1.54) is 19.3 Å². The van der Waals surface area contributed by atoms with E-state index in [9.17, 15) is 9.59 Å². The molecule has 1 saturated carbocycles. The zero-order valence-electron chi connectivity index (χ0n) is 16.0. The van der Waals surface area contributed by atoms with Gasteiger partial charge in [0.05, 0.1) is 6.04 Å². The number of nitrogens with one attached hydrogen (secondary N) is 3. The summed E-state index contributed by atoms with van der Waals surface area (Å²) in [7, 11) is 0. The van der Waals surface area contributed by atoms with E-state index < -0.39 is 0 Å². The van der Waals surface area contributed by atoms with Gasteiger partial charge in [-0.25, -0.2) is 4.79 Å². The Kier molecular flexibility index (Phi) is 8.52. The number of rotatable bonds is 7. The molecule has 3 N–H and O–H groups in total. The number of nitrogens with zero attached hydrogens (tertiary/aromatic N) is 1. The minimum absolute atomic E-state index is 0.0179. The van der Waals surface area contributed by atoms with E-state index in [2.05, 4.69) is 27.8 Å². The zero-order chi connectivity index (χ0) is 18.1. The van der Waals surface area contributed by atoms with E-state index in [0.29, 0.717) is 6.04 Å². The van der Waals surface area contributed by atoms with Crippen LogP contribution in [0.3, 0.4) is 0 Å². The summed E-state index contributed by atoms with van der Waals surface area (Å²) in [6, 6.07) is 0.459. The summed E-state index contributed by atoms with van der Waals surface area (Å²) >= 11 is 0. The molecular weight excluding hydrogens is 316 g/mol. The van der Waals surface area contributed by atoms with Gasteiger partial charge in [-0.15, -0.1) is 0 Å². The molecule has 2 aliphatic rings. The lowest BCUT2D eigenvalue weighted by molar-refractivity contribution is -0.126. The molecule has 0 bridgehead atoms. The van der Waals surface area contributed by atoms with Crippen molar-refractivity contribution in [2.45, 2.75) is 89.8 Å². The molecule has 1 aliphatic carbocycles. The van der Waals surface area contributed by atoms with Gasteiger partial charge >= 0.3 is 6.03 Å². The van der Waals surface area contributed by atoms with Crippen LogP contribution in [0.5, 0.6) is 0 Å². The van der Waals surface area contributed by atoms with Crippen LogP contribution in [0.2, 0.25) is 0 Å². The minimum Gasteiger partial charge on any atom is -0.355 e. The van der Waals surface area contributed by atoms with Gasteiger partial charge in [0.15, 0.2) is 0 Å². The largest absolute Gasteiger partial charge is 0.355 e. The highest BCUT2D eigenvalue weighted by Gasteiger charge is 2.27. The number of urea groups is 1. The Bertz CT molecular complexity index is 416. The van der Waals surface area contributed by atoms with E-state index >= 15 is 0 Å². The Balaban J connectivity index is 1.64. The van der Waals surface area contributed by atoms with Gasteiger partial charge in [-0.1, -0.05) is 32.6 Å². The van der Waals surface area contributed by atoms with E-state index in [1.807, 2.05) is 6.92 Å². The Hall–Kier alpha value is -1.30. The third-order valence-corrected chi connectivity index (χ3v) is 5.56. The Morgan fingerprint density at radius 2 is 1.60 bits per heavy atom. The molecule has 0 spiro atoms. The number of carbonyl (C=O) groups excluding carboxylic acids is 2. The first-order chi connectivity index (χ1) is 12.1. The van der Waals surface area contributed by atoms with Crippen LogP contribution < -0.4 is 16.0 Å². The third-order valence-electron chi connectivity index (χ3n) is 5.56. The first kappa shape index (κ1) is 20.0. The van der Waals surface area contributed by atoms with Crippen LogP contribution in [0.25, 0.3) is 0 Å². The summed E-state index contributed by atoms with van der Waals surface area (Å²) in [5.41, 5.74) is 0. The van der Waals surface area contributed by atoms with Crippen molar-refractivity contribution in [3.05, 3.63) is 0 Å². The number of hydrogen-bond donors (Lipinski definition) is 3. The molecule has 0 aromatic rings. The summed E-state index contributed by atoms with van der Waals surface area (Å²) in [6.07, 6.45) is 9.89. The second kappa shape index (κ2) is 10.6. The molecule has 2 rings (SSSR count). The SMILES string of the molecule is CCCCNC(=O)C(C)N1CCC(NC(=O)NC2CCCCC2)CC1. The molecule has 1 saturated heterocycles. The average molecular weight is 353 g/mol. The molecule has 1 atom stereocenters. The van der Waals surface area contributed by atoms with Crippen LogP contribution in [-0.2, 0) is 4.79 Å². The van der Waals surface area contributed by atoms with Crippen LogP contribution >= 0.6 is 0 Å². The van der Waals surface area contributed by atoms with Crippen molar-refractivity contribution >= 4 is 11.9 Å². The third kappa shape index (κ3) is 6.84. The van der Waals surface area contributed by atoms with E-state index in [4.69, 9.17) is 0 Å². The van der Waals surface area contributed by atoms with Gasteiger partial charge in [0.25, 0.3) is 0 Å². The fourth-order valence-corrected chi connectivity index (χ4v) is 3.79. The molecule has 1 unspecified atom stereocenters. The normalized spacial score (nSPS) is 21.5. The molecule has 25 heavy (non-hydrogen) atoms. The Morgan fingerprint density at radius 1 is 1.00 bits per heavy atom. The minimum atomic E-state index is -0.0890. The lowest BCUT2D eigenvalue weighted by Gasteiger charge is -2.35. The van der Waals surface area contributed by atoms with Crippen LogP contribution in [0.1, 0.15) is 71.6 Å². The van der Waals surface area contributed by atoms with Gasteiger partial charge in [-0.05, 0) is 39.0 Å². The molecule has 1 heterocycles. The molecule has 0 aromatic heterocycles. The highest BCUT2D eigenvalue weighted by molar-refractivity contribution is 5.81. The molecule has 6 nitrogen and oxygen atoms in total. The van der Waals surface area contributed by atoms with Crippen LogP contribution in [0.4, 0.5) is 4.79 Å². The Morgan fingerprint density at radius 3 is 2.20 bits per heavy atom. The average Bonchev–Trinajstić information content (AvgIpc) is 2.62. The van der Waals surface area contributed by atoms with Gasteiger partial charge in [0.1, 0.15) is 0 Å². The van der Waals surface area contributed by atoms with E-state index in [1.54, 1.807) is 0 Å². The summed E-state index contributed by atoms with van der Waals surface area (Å²) in [5.74, 6) is 0.120. The van der Waals surface area contributed by atoms with Crippen LogP contribution in [0.15, 0.2) is 0 Å². The summed E-state index contributed by atoms with van der Waals surface area (Å²) < 4.78 is 0. The quantitative estimate of drug-likeness (QED) is 0.616. The number of hydrogen-bond acceptors (Lipinski definition) is 3. The van der Waals surface area contributed by atoms with Gasteiger partial charge in [0.2, 0.25) is 5.91 Å². The van der Waals surface area contributed by atoms with Gasteiger partial charge in [0, 0.05) is 31.7 Å². The molecule has 144 valence electrons. The molecule has 0 radical (unpaired) electrons. The van der Waals surface area contributed by atoms with Crippen LogP contribution in [-0.4, -0.2) is 54.6 Å². The highest BCUT2D eigenvalue weighted by atomic mass is 16.2. The fraction of sp³-hybridized carbons (Fsp3) is 0.895. The predicted octanol–water partition coefficient (Wildman–Crippen LogP) is 2.39. The molecule has 0 aromatic carbocycles. The molecular formula is C19H36N4O2. The van der Waals surface area contributed by atoms with Gasteiger partial charge in [-0.3, -0.25) is 9.69 Å². The number of carbonyl (C=O) groups is 2. The van der Waals surface area contributed by atoms with Crippen molar-refractivity contribution in [2.24, 2.45) is 0 Å². The van der Waals surface area contributed by atoms with Crippen molar-refractivity contribution in [2.75, 3.05) is 19.6 Å². The number of unbranched alkanes of at least 4 members (excludes halogenated alkanes) is 1. The van der Waals surface area contributed by atoms with Crippen LogP contribution in [0, 0.1) is 0 Å². The summed E-state index contributed by atoms with van der Waals surface area (Å²) in [6.45, 7) is 6.58. The smallest absolute Gasteiger partial charge is 0.315 e. The van der Waals surface area contributed by atoms with Crippen molar-refractivity contribution in [3.63, 3.8) is 0 Å². The topological polar surface area (TPSA) is 73.5 Å². The number of amides is 3. The maximum absolute atomic E-state index is 12.2. The maximum Gasteiger partial charge on any atom is 0.315 e. The lowest BCUT2D eigenvalue weighted by Crippen LogP contribution is -2.53. The van der Waals surface area contributed by atoms with E-state index in [-0.39, 0.29) is 24.0 Å². The first-order valence-corrected chi connectivity index (χ1v) is 10.2. The Labute approximate surface area is 152 Å². The van der Waals surface area contributed by atoms with Crippen molar-refractivity contribution in [1.82, 2.24) is 20.9 Å². The summed E-state index contributed by atoms with van der Waals surface area (Å²) in [4.78, 5) is 26.5. The summed E-state index contributed by atoms with van der Waals surface area (Å²) in [5, 5.41) is 9.25. The fourth-order valence-electron chi connectivity index (χ4n) is 3.79.